The first-order chi connectivity index (χ1) is 17.3. The first kappa shape index (κ1) is 31.5. The fraction of sp³-hybridized carbons (Fsp3) is 0.833. The van der Waals surface area contributed by atoms with Gasteiger partial charge in [0.25, 0.3) is 0 Å². The summed E-state index contributed by atoms with van der Waals surface area (Å²) >= 11 is 0. The van der Waals surface area contributed by atoms with Crippen LogP contribution < -0.4 is 9.80 Å². The lowest BCUT2D eigenvalue weighted by molar-refractivity contribution is -0.0592. The minimum Gasteiger partial charge on any atom is -0.375 e. The molecule has 1 fully saturated rings. The van der Waals surface area contributed by atoms with Crippen LogP contribution in [-0.2, 0) is 14.2 Å². The number of azide groups is 1. The van der Waals surface area contributed by atoms with Crippen molar-refractivity contribution in [2.24, 2.45) is 5.11 Å². The number of piperidine rings is 1. The Hall–Kier alpha value is -1.77. The van der Waals surface area contributed by atoms with Crippen LogP contribution in [0.15, 0.2) is 17.4 Å². The number of halogens is 1. The molecule has 0 unspecified atom stereocenters. The van der Waals surface area contributed by atoms with Crippen LogP contribution in [0.25, 0.3) is 10.4 Å². The summed E-state index contributed by atoms with van der Waals surface area (Å²) in [5, 5.41) is 3.45. The molecule has 0 bridgehead atoms. The lowest BCUT2D eigenvalue weighted by atomic mass is 9.93. The first-order valence-electron chi connectivity index (χ1n) is 13.1. The lowest BCUT2D eigenvalue weighted by Crippen LogP contribution is -2.54. The summed E-state index contributed by atoms with van der Waals surface area (Å²) in [4.78, 5) is 15.7. The zero-order chi connectivity index (χ0) is 27.5. The van der Waals surface area contributed by atoms with Crippen LogP contribution >= 0.6 is 0 Å². The van der Waals surface area contributed by atoms with Crippen molar-refractivity contribution in [3.63, 3.8) is 0 Å². The normalized spacial score (nSPS) is 20.5. The minimum absolute atomic E-state index is 0.113. The van der Waals surface area contributed by atoms with Gasteiger partial charge in [-0.3, -0.25) is 0 Å². The largest absolute Gasteiger partial charge is 0.375 e. The average Bonchev–Trinajstić information content (AvgIpc) is 2.80. The molecule has 0 radical (unpaired) electrons. The van der Waals surface area contributed by atoms with E-state index in [0.29, 0.717) is 51.4 Å². The number of hydrogen-bond donors (Lipinski definition) is 0. The molecule has 37 heavy (non-hydrogen) atoms. The minimum atomic E-state index is -1.59. The molecular formula is C24H46FN7O3Si2. The van der Waals surface area contributed by atoms with Crippen LogP contribution in [0, 0.1) is 0 Å². The molecule has 13 heteroatoms. The van der Waals surface area contributed by atoms with Crippen LogP contribution in [-0.4, -0.2) is 90.8 Å². The van der Waals surface area contributed by atoms with Gasteiger partial charge in [0.2, 0.25) is 5.95 Å². The molecule has 2 rings (SSSR count). The van der Waals surface area contributed by atoms with Crippen LogP contribution in [0.3, 0.4) is 0 Å². The monoisotopic (exact) mass is 555 g/mol. The molecule has 2 heterocycles. The van der Waals surface area contributed by atoms with Crippen LogP contribution in [0.5, 0.6) is 0 Å². The quantitative estimate of drug-likeness (QED) is 0.0658. The fourth-order valence-corrected chi connectivity index (χ4v) is 5.29. The average molecular weight is 556 g/mol. The molecular weight excluding hydrogens is 509 g/mol. The topological polar surface area (TPSA) is 109 Å². The van der Waals surface area contributed by atoms with Crippen molar-refractivity contribution in [2.45, 2.75) is 76.5 Å². The molecule has 1 aromatic rings. The number of aromatic nitrogens is 2. The van der Waals surface area contributed by atoms with E-state index in [-0.39, 0.29) is 19.7 Å². The summed E-state index contributed by atoms with van der Waals surface area (Å²) in [6, 6.07) is 4.01. The van der Waals surface area contributed by atoms with E-state index in [9.17, 15) is 0 Å². The van der Waals surface area contributed by atoms with E-state index in [0.717, 1.165) is 12.1 Å². The summed E-state index contributed by atoms with van der Waals surface area (Å²) in [6.07, 6.45) is 1.62. The molecule has 1 aliphatic rings. The van der Waals surface area contributed by atoms with E-state index >= 15 is 4.39 Å². The molecule has 0 amide bonds. The van der Waals surface area contributed by atoms with Crippen LogP contribution in [0.1, 0.15) is 13.3 Å². The Morgan fingerprint density at radius 1 is 1.14 bits per heavy atom. The van der Waals surface area contributed by atoms with Gasteiger partial charge in [-0.15, -0.1) is 0 Å². The number of alkyl halides is 1. The molecule has 0 N–H and O–H groups in total. The van der Waals surface area contributed by atoms with Gasteiger partial charge in [0.15, 0.2) is 5.67 Å². The molecule has 2 atom stereocenters. The van der Waals surface area contributed by atoms with Gasteiger partial charge in [0, 0.05) is 53.6 Å². The molecule has 0 spiro atoms. The Morgan fingerprint density at radius 3 is 2.30 bits per heavy atom. The highest BCUT2D eigenvalue weighted by molar-refractivity contribution is 6.76. The predicted octanol–water partition coefficient (Wildman–Crippen LogP) is 5.54. The maximum atomic E-state index is 15.5. The van der Waals surface area contributed by atoms with Crippen molar-refractivity contribution < 1.29 is 18.6 Å². The summed E-state index contributed by atoms with van der Waals surface area (Å²) in [7, 11) is -2.39. The number of ether oxygens (including phenoxy) is 3. The summed E-state index contributed by atoms with van der Waals surface area (Å²) < 4.78 is 33.2. The Bertz CT molecular complexity index is 855. The molecule has 1 aromatic heterocycles. The van der Waals surface area contributed by atoms with Crippen LogP contribution in [0.2, 0.25) is 51.4 Å². The first-order valence-corrected chi connectivity index (χ1v) is 20.5. The van der Waals surface area contributed by atoms with Gasteiger partial charge in [-0.1, -0.05) is 44.4 Å². The molecule has 10 nitrogen and oxygen atoms in total. The van der Waals surface area contributed by atoms with Crippen LogP contribution in [0.4, 0.5) is 16.2 Å². The van der Waals surface area contributed by atoms with E-state index in [1.165, 1.54) is 6.92 Å². The Morgan fingerprint density at radius 2 is 1.76 bits per heavy atom. The highest BCUT2D eigenvalue weighted by atomic mass is 28.3. The number of anilines is 2. The SMILES string of the molecule is C[C@]1(F)CN(c2nccc(N(COCC[Si](C)(C)C)COCC[Si](C)(C)C)n2)CC[C@H]1OCCN=[N+]=[N-]. The van der Waals surface area contributed by atoms with E-state index < -0.39 is 27.9 Å². The number of hydrogen-bond acceptors (Lipinski definition) is 8. The molecule has 1 saturated heterocycles. The van der Waals surface area contributed by atoms with Crippen molar-refractivity contribution in [3.8, 4) is 0 Å². The highest BCUT2D eigenvalue weighted by Gasteiger charge is 2.41. The Labute approximate surface area is 223 Å². The van der Waals surface area contributed by atoms with Gasteiger partial charge < -0.3 is 24.0 Å². The Balaban J connectivity index is 2.05. The Kier molecular flexibility index (Phi) is 12.2. The maximum Gasteiger partial charge on any atom is 0.227 e. The standard InChI is InChI=1S/C24H46FN7O3Si2/c1-24(25)18-31(12-9-21(24)35-13-11-28-30-26)23-27-10-8-22(29-23)32(19-33-14-16-36(2,3)4)20-34-15-17-37(5,6)7/h8,10,21H,9,11-20H2,1-7H3/t21-,24+/m1/s1. The lowest BCUT2D eigenvalue weighted by Gasteiger charge is -2.41. The maximum absolute atomic E-state index is 15.5. The van der Waals surface area contributed by atoms with Gasteiger partial charge in [-0.05, 0) is 37.0 Å². The van der Waals surface area contributed by atoms with Gasteiger partial charge in [0.1, 0.15) is 19.3 Å². The van der Waals surface area contributed by atoms with Crippen molar-refractivity contribution >= 4 is 27.9 Å². The predicted molar refractivity (Wildman–Crippen MR) is 153 cm³/mol. The van der Waals surface area contributed by atoms with Gasteiger partial charge in [0.05, 0.1) is 19.3 Å². The number of nitrogens with zero attached hydrogens (tertiary/aromatic N) is 7. The second-order valence-electron chi connectivity index (χ2n) is 12.3. The second kappa shape index (κ2) is 14.4. The van der Waals surface area contributed by atoms with Crippen molar-refractivity contribution in [3.05, 3.63) is 22.7 Å². The third-order valence-corrected chi connectivity index (χ3v) is 9.54. The van der Waals surface area contributed by atoms with Crippen molar-refractivity contribution in [2.75, 3.05) is 62.7 Å². The highest BCUT2D eigenvalue weighted by Crippen LogP contribution is 2.30. The zero-order valence-electron chi connectivity index (χ0n) is 23.7. The summed E-state index contributed by atoms with van der Waals surface area (Å²) in [5.74, 6) is 1.17. The molecule has 0 aliphatic carbocycles. The summed E-state index contributed by atoms with van der Waals surface area (Å²) in [5.41, 5.74) is 6.82. The smallest absolute Gasteiger partial charge is 0.227 e. The van der Waals surface area contributed by atoms with Crippen molar-refractivity contribution in [1.82, 2.24) is 9.97 Å². The second-order valence-corrected chi connectivity index (χ2v) is 23.5. The third-order valence-electron chi connectivity index (χ3n) is 6.13. The van der Waals surface area contributed by atoms with Crippen molar-refractivity contribution in [1.29, 1.82) is 0 Å². The zero-order valence-corrected chi connectivity index (χ0v) is 25.7. The third kappa shape index (κ3) is 12.1. The molecule has 0 saturated carbocycles. The van der Waals surface area contributed by atoms with Gasteiger partial charge in [-0.25, -0.2) is 9.37 Å². The number of rotatable bonds is 16. The van der Waals surface area contributed by atoms with E-state index in [1.807, 2.05) is 15.9 Å². The van der Waals surface area contributed by atoms with E-state index in [2.05, 4.69) is 54.3 Å². The summed E-state index contributed by atoms with van der Waals surface area (Å²) in [6.45, 7) is 18.7. The molecule has 1 aliphatic heterocycles. The molecule has 210 valence electrons. The van der Waals surface area contributed by atoms with E-state index in [1.54, 1.807) is 6.20 Å². The van der Waals surface area contributed by atoms with Gasteiger partial charge >= 0.3 is 0 Å². The van der Waals surface area contributed by atoms with Gasteiger partial charge in [-0.2, -0.15) is 4.98 Å². The van der Waals surface area contributed by atoms with E-state index in [4.69, 9.17) is 24.7 Å². The fourth-order valence-electron chi connectivity index (χ4n) is 3.78. The molecule has 0 aromatic carbocycles.